The fourth-order valence-electron chi connectivity index (χ4n) is 2.71. The average Bonchev–Trinajstić information content (AvgIpc) is 2.87. The van der Waals surface area contributed by atoms with Crippen molar-refractivity contribution in [3.63, 3.8) is 0 Å². The smallest absolute Gasteiger partial charge is 0.0105 e. The summed E-state index contributed by atoms with van der Waals surface area (Å²) in [6.07, 6.45) is 9.45. The van der Waals surface area contributed by atoms with Gasteiger partial charge in [0.2, 0.25) is 0 Å². The number of hydrogen-bond donors (Lipinski definition) is 0. The first kappa shape index (κ1) is 9.77. The molecule has 1 fully saturated rings. The summed E-state index contributed by atoms with van der Waals surface area (Å²) in [4.78, 5) is 1.51. The molecule has 1 aromatic rings. The largest absolute Gasteiger partial charge is 0.126 e. The van der Waals surface area contributed by atoms with Crippen LogP contribution in [-0.2, 0) is 6.42 Å². The lowest BCUT2D eigenvalue weighted by molar-refractivity contribution is 0.646. The molecule has 1 aliphatic carbocycles. The van der Waals surface area contributed by atoms with Gasteiger partial charge in [0.25, 0.3) is 0 Å². The van der Waals surface area contributed by atoms with E-state index in [0.717, 1.165) is 5.92 Å². The Labute approximate surface area is 96.5 Å². The van der Waals surface area contributed by atoms with Gasteiger partial charge in [-0.1, -0.05) is 25.0 Å². The normalized spacial score (nSPS) is 20.8. The Balaban J connectivity index is 1.75. The van der Waals surface area contributed by atoms with Crippen LogP contribution in [0.15, 0.2) is 23.1 Å². The Bertz CT molecular complexity index is 350. The van der Waals surface area contributed by atoms with Gasteiger partial charge in [-0.3, -0.25) is 0 Å². The van der Waals surface area contributed by atoms with E-state index >= 15 is 0 Å². The average molecular weight is 217 g/mol. The number of benzene rings is 1. The minimum absolute atomic E-state index is 0.858. The molecule has 79 valence electrons. The van der Waals surface area contributed by atoms with Crippen LogP contribution in [0, 0.1) is 12.3 Å². The summed E-state index contributed by atoms with van der Waals surface area (Å²) < 4.78 is 0. The molecular weight excluding hydrogens is 200 g/mol. The third kappa shape index (κ3) is 2.08. The first-order valence-corrected chi connectivity index (χ1v) is 7.01. The van der Waals surface area contributed by atoms with Crippen LogP contribution in [0.4, 0.5) is 0 Å². The second-order valence-corrected chi connectivity index (χ2v) is 5.81. The van der Waals surface area contributed by atoms with Gasteiger partial charge in [-0.15, -0.1) is 11.8 Å². The molecule has 0 saturated heterocycles. The van der Waals surface area contributed by atoms with Gasteiger partial charge in [-0.2, -0.15) is 0 Å². The maximum absolute atomic E-state index is 2.50. The Morgan fingerprint density at radius 2 is 2.07 bits per heavy atom. The molecule has 1 radical (unpaired) electrons. The molecule has 0 amide bonds. The fraction of sp³-hybridized carbons (Fsp3) is 0.500. The summed E-state index contributed by atoms with van der Waals surface area (Å²) >= 11 is 2.01. The summed E-state index contributed by atoms with van der Waals surface area (Å²) in [7, 11) is 0. The lowest BCUT2D eigenvalue weighted by Crippen LogP contribution is -1.96. The Morgan fingerprint density at radius 3 is 2.93 bits per heavy atom. The lowest BCUT2D eigenvalue weighted by atomic mass is 9.96. The molecule has 0 atom stereocenters. The second kappa shape index (κ2) is 4.21. The van der Waals surface area contributed by atoms with Crippen molar-refractivity contribution < 1.29 is 0 Å². The summed E-state index contributed by atoms with van der Waals surface area (Å²) in [6, 6.07) is 7.02. The summed E-state index contributed by atoms with van der Waals surface area (Å²) in [5.74, 6) is 2.14. The molecule has 2 aliphatic rings. The third-order valence-corrected chi connectivity index (χ3v) is 4.66. The molecule has 3 rings (SSSR count). The first-order valence-electron chi connectivity index (χ1n) is 6.02. The van der Waals surface area contributed by atoms with Crippen molar-refractivity contribution in [2.24, 2.45) is 5.92 Å². The predicted molar refractivity (Wildman–Crippen MR) is 66.2 cm³/mol. The summed E-state index contributed by atoms with van der Waals surface area (Å²) in [5, 5.41) is 0. The van der Waals surface area contributed by atoms with Gasteiger partial charge in [0.15, 0.2) is 0 Å². The van der Waals surface area contributed by atoms with Gasteiger partial charge in [0.1, 0.15) is 0 Å². The zero-order valence-electron chi connectivity index (χ0n) is 9.04. The fourth-order valence-corrected chi connectivity index (χ4v) is 3.76. The topological polar surface area (TPSA) is 0 Å². The highest BCUT2D eigenvalue weighted by molar-refractivity contribution is 7.99. The molecular formula is C14H17S. The molecule has 0 spiro atoms. The number of aryl methyl sites for hydroxylation is 1. The van der Waals surface area contributed by atoms with E-state index in [2.05, 4.69) is 24.6 Å². The Hall–Kier alpha value is -0.430. The first-order chi connectivity index (χ1) is 7.42. The van der Waals surface area contributed by atoms with Crippen LogP contribution < -0.4 is 0 Å². The molecule has 15 heavy (non-hydrogen) atoms. The summed E-state index contributed by atoms with van der Waals surface area (Å²) in [6.45, 7) is 0. The van der Waals surface area contributed by atoms with Crippen molar-refractivity contribution in [3.8, 4) is 0 Å². The zero-order valence-corrected chi connectivity index (χ0v) is 9.85. The van der Waals surface area contributed by atoms with Crippen LogP contribution in [0.5, 0.6) is 0 Å². The highest BCUT2D eigenvalue weighted by atomic mass is 32.2. The molecule has 0 unspecified atom stereocenters. The van der Waals surface area contributed by atoms with Gasteiger partial charge in [0, 0.05) is 10.6 Å². The lowest BCUT2D eigenvalue weighted by Gasteiger charge is -2.09. The van der Waals surface area contributed by atoms with Gasteiger partial charge >= 0.3 is 0 Å². The van der Waals surface area contributed by atoms with Gasteiger partial charge in [-0.25, -0.2) is 0 Å². The monoisotopic (exact) mass is 217 g/mol. The quantitative estimate of drug-likeness (QED) is 0.719. The van der Waals surface area contributed by atoms with Crippen molar-refractivity contribution in [1.29, 1.82) is 0 Å². The van der Waals surface area contributed by atoms with Crippen molar-refractivity contribution >= 4 is 11.8 Å². The molecule has 1 aromatic carbocycles. The summed E-state index contributed by atoms with van der Waals surface area (Å²) in [5.41, 5.74) is 3.04. The molecule has 1 saturated carbocycles. The molecule has 1 aliphatic heterocycles. The van der Waals surface area contributed by atoms with Crippen LogP contribution in [0.3, 0.4) is 0 Å². The standard InChI is InChI=1S/C14H17S/c1-2-4-11(3-1)9-12-5-6-14-13(10-12)7-8-15-14/h5-6,9-11H,1-4,7-8H2. The van der Waals surface area contributed by atoms with E-state index in [9.17, 15) is 0 Å². The maximum Gasteiger partial charge on any atom is 0.0105 e. The third-order valence-electron chi connectivity index (χ3n) is 3.54. The van der Waals surface area contributed by atoms with E-state index in [1.54, 1.807) is 5.56 Å². The number of rotatable bonds is 2. The molecule has 0 nitrogen and oxygen atoms in total. The van der Waals surface area contributed by atoms with E-state index < -0.39 is 0 Å². The van der Waals surface area contributed by atoms with Crippen LogP contribution in [-0.4, -0.2) is 5.75 Å². The SMILES string of the molecule is [CH](c1ccc2c(c1)CCS2)C1CCCC1. The van der Waals surface area contributed by atoms with E-state index in [1.165, 1.54) is 48.3 Å². The van der Waals surface area contributed by atoms with Crippen molar-refractivity contribution in [1.82, 2.24) is 0 Å². The van der Waals surface area contributed by atoms with E-state index in [1.807, 2.05) is 11.8 Å². The van der Waals surface area contributed by atoms with E-state index in [4.69, 9.17) is 0 Å². The highest BCUT2D eigenvalue weighted by Gasteiger charge is 2.17. The number of hydrogen-bond acceptors (Lipinski definition) is 1. The maximum atomic E-state index is 2.50. The Kier molecular flexibility index (Phi) is 2.74. The molecule has 0 bridgehead atoms. The number of fused-ring (bicyclic) bond motifs is 1. The second-order valence-electron chi connectivity index (χ2n) is 4.68. The Morgan fingerprint density at radius 1 is 1.20 bits per heavy atom. The van der Waals surface area contributed by atoms with Crippen LogP contribution in [0.25, 0.3) is 0 Å². The molecule has 0 aromatic heterocycles. The van der Waals surface area contributed by atoms with Gasteiger partial charge < -0.3 is 0 Å². The minimum atomic E-state index is 0.858. The predicted octanol–water partition coefficient (Wildman–Crippen LogP) is 4.08. The van der Waals surface area contributed by atoms with Crippen LogP contribution in [0.2, 0.25) is 0 Å². The molecule has 1 heterocycles. The van der Waals surface area contributed by atoms with Crippen molar-refractivity contribution in [3.05, 3.63) is 35.7 Å². The molecule has 0 N–H and O–H groups in total. The highest BCUT2D eigenvalue weighted by Crippen LogP contribution is 2.34. The van der Waals surface area contributed by atoms with Crippen molar-refractivity contribution in [2.45, 2.75) is 37.0 Å². The van der Waals surface area contributed by atoms with Gasteiger partial charge in [0.05, 0.1) is 0 Å². The van der Waals surface area contributed by atoms with Crippen LogP contribution >= 0.6 is 11.8 Å². The minimum Gasteiger partial charge on any atom is -0.126 e. The van der Waals surface area contributed by atoms with Crippen molar-refractivity contribution in [2.75, 3.05) is 5.75 Å². The molecule has 1 heteroatoms. The van der Waals surface area contributed by atoms with Crippen LogP contribution in [0.1, 0.15) is 36.8 Å². The van der Waals surface area contributed by atoms with E-state index in [0.29, 0.717) is 0 Å². The number of thioether (sulfide) groups is 1. The zero-order chi connectivity index (χ0) is 10.1. The van der Waals surface area contributed by atoms with E-state index in [-0.39, 0.29) is 0 Å². The van der Waals surface area contributed by atoms with Gasteiger partial charge in [-0.05, 0) is 48.8 Å².